The zero-order valence-corrected chi connectivity index (χ0v) is 23.4. The molecule has 2 N–H and O–H groups in total. The van der Waals surface area contributed by atoms with Gasteiger partial charge in [-0.3, -0.25) is 9.48 Å². The van der Waals surface area contributed by atoms with Crippen LogP contribution in [-0.4, -0.2) is 60.0 Å². The second-order valence-electron chi connectivity index (χ2n) is 10.2. The summed E-state index contributed by atoms with van der Waals surface area (Å²) in [5.41, 5.74) is 1.44. The number of amides is 1. The highest BCUT2D eigenvalue weighted by atomic mass is 35.5. The van der Waals surface area contributed by atoms with E-state index in [1.807, 2.05) is 25.1 Å². The molecule has 2 aromatic rings. The fourth-order valence-corrected chi connectivity index (χ4v) is 6.09. The molecule has 0 radical (unpaired) electrons. The van der Waals surface area contributed by atoms with Crippen LogP contribution in [0.3, 0.4) is 0 Å². The van der Waals surface area contributed by atoms with Gasteiger partial charge >= 0.3 is 0 Å². The third kappa shape index (κ3) is 6.61. The molecule has 0 spiro atoms. The summed E-state index contributed by atoms with van der Waals surface area (Å²) in [7, 11) is -1.53. The van der Waals surface area contributed by atoms with Crippen molar-refractivity contribution in [1.29, 1.82) is 0 Å². The number of halogens is 1. The van der Waals surface area contributed by atoms with Crippen molar-refractivity contribution < 1.29 is 23.1 Å². The van der Waals surface area contributed by atoms with E-state index in [4.69, 9.17) is 16.3 Å². The van der Waals surface area contributed by atoms with Gasteiger partial charge in [0.15, 0.2) is 5.69 Å². The number of methoxy groups -OCH3 is 1. The van der Waals surface area contributed by atoms with Crippen LogP contribution in [0.1, 0.15) is 68.9 Å². The molecule has 0 unspecified atom stereocenters. The number of hydrogen-bond acceptors (Lipinski definition) is 6. The Bertz CT molecular complexity index is 1180. The van der Waals surface area contributed by atoms with Crippen LogP contribution < -0.4 is 10.1 Å². The van der Waals surface area contributed by atoms with E-state index in [9.17, 15) is 18.3 Å². The Kier molecular flexibility index (Phi) is 9.11. The van der Waals surface area contributed by atoms with Crippen molar-refractivity contribution in [2.24, 2.45) is 5.92 Å². The van der Waals surface area contributed by atoms with Crippen molar-refractivity contribution in [3.05, 3.63) is 34.5 Å². The van der Waals surface area contributed by atoms with Gasteiger partial charge in [0, 0.05) is 24.9 Å². The van der Waals surface area contributed by atoms with E-state index in [0.717, 1.165) is 18.4 Å². The second-order valence-corrected chi connectivity index (χ2v) is 12.9. The Labute approximate surface area is 219 Å². The highest BCUT2D eigenvalue weighted by molar-refractivity contribution is 7.91. The number of carbonyl (C=O) groups excluding carboxylic acids is 1. The van der Waals surface area contributed by atoms with E-state index in [1.165, 1.54) is 11.8 Å². The van der Waals surface area contributed by atoms with Crippen LogP contribution in [0.2, 0.25) is 5.02 Å². The van der Waals surface area contributed by atoms with Crippen molar-refractivity contribution in [2.45, 2.75) is 76.7 Å². The van der Waals surface area contributed by atoms with Gasteiger partial charge in [0.05, 0.1) is 28.7 Å². The normalized spacial score (nSPS) is 20.5. The maximum absolute atomic E-state index is 13.0. The fraction of sp³-hybridized carbons (Fsp3) is 0.615. The molecule has 1 aliphatic carbocycles. The number of carbonyl (C=O) groups is 1. The monoisotopic (exact) mass is 539 g/mol. The first kappa shape index (κ1) is 28.5. The van der Waals surface area contributed by atoms with Gasteiger partial charge in [-0.1, -0.05) is 31.5 Å². The van der Waals surface area contributed by atoms with E-state index >= 15 is 0 Å². The first-order valence-electron chi connectivity index (χ1n) is 12.5. The SMILES string of the molecule is CCn1nc(C(=O)NCC2(O)CCC(S(C)(=O)=O)CC2)c(Cl)c1-c1ccc(CCC(C)C)cc1OC. The average molecular weight is 540 g/mol. The van der Waals surface area contributed by atoms with Crippen LogP contribution in [0.4, 0.5) is 0 Å². The van der Waals surface area contributed by atoms with Gasteiger partial charge in [-0.2, -0.15) is 5.10 Å². The number of aromatic nitrogens is 2. The summed E-state index contributed by atoms with van der Waals surface area (Å²) in [5.74, 6) is 0.775. The minimum atomic E-state index is -3.14. The summed E-state index contributed by atoms with van der Waals surface area (Å²) in [5, 5.41) is 17.9. The Morgan fingerprint density at radius 1 is 1.33 bits per heavy atom. The van der Waals surface area contributed by atoms with Gasteiger partial charge in [0.25, 0.3) is 5.91 Å². The molecule has 0 aliphatic heterocycles. The standard InChI is InChI=1S/C26H38ClN3O5S/c1-6-30-24(20-10-9-18(8-7-17(2)3)15-21(20)35-4)22(27)23(29-30)25(31)28-16-26(32)13-11-19(12-14-26)36(5,33)34/h9-10,15,17,19,32H,6-8,11-14,16H2,1-5H3,(H,28,31). The minimum Gasteiger partial charge on any atom is -0.496 e. The molecule has 36 heavy (non-hydrogen) atoms. The zero-order chi connectivity index (χ0) is 26.7. The molecule has 1 aromatic heterocycles. The van der Waals surface area contributed by atoms with Crippen LogP contribution >= 0.6 is 11.6 Å². The zero-order valence-electron chi connectivity index (χ0n) is 21.8. The summed E-state index contributed by atoms with van der Waals surface area (Å²) in [6.45, 7) is 6.80. The molecule has 0 bridgehead atoms. The van der Waals surface area contributed by atoms with Crippen LogP contribution in [0.15, 0.2) is 18.2 Å². The number of rotatable bonds is 10. The van der Waals surface area contributed by atoms with Crippen LogP contribution in [0.25, 0.3) is 11.3 Å². The van der Waals surface area contributed by atoms with Gasteiger partial charge < -0.3 is 15.2 Å². The minimum absolute atomic E-state index is 0.000825. The maximum atomic E-state index is 13.0. The summed E-state index contributed by atoms with van der Waals surface area (Å²) in [6, 6.07) is 6.00. The number of aliphatic hydroxyl groups is 1. The molecule has 8 nitrogen and oxygen atoms in total. The quantitative estimate of drug-likeness (QED) is 0.466. The van der Waals surface area contributed by atoms with E-state index in [1.54, 1.807) is 11.8 Å². The molecule has 1 fully saturated rings. The summed E-state index contributed by atoms with van der Waals surface area (Å²) in [4.78, 5) is 13.0. The summed E-state index contributed by atoms with van der Waals surface area (Å²) in [6.07, 6.45) is 4.57. The molecule has 3 rings (SSSR count). The molecule has 1 aromatic carbocycles. The van der Waals surface area contributed by atoms with Crippen molar-refractivity contribution in [1.82, 2.24) is 15.1 Å². The molecular weight excluding hydrogens is 502 g/mol. The number of benzene rings is 1. The number of nitrogens with one attached hydrogen (secondary N) is 1. The molecule has 1 heterocycles. The highest BCUT2D eigenvalue weighted by Crippen LogP contribution is 2.38. The first-order valence-corrected chi connectivity index (χ1v) is 14.8. The fourth-order valence-electron chi connectivity index (χ4n) is 4.68. The Balaban J connectivity index is 1.79. The van der Waals surface area contributed by atoms with Gasteiger partial charge in [0.2, 0.25) is 0 Å². The van der Waals surface area contributed by atoms with E-state index in [2.05, 4.69) is 24.3 Å². The topological polar surface area (TPSA) is 111 Å². The molecule has 1 saturated carbocycles. The number of aryl methyl sites for hydroxylation is 2. The Hall–Kier alpha value is -2.10. The molecule has 0 atom stereocenters. The lowest BCUT2D eigenvalue weighted by Crippen LogP contribution is -2.47. The van der Waals surface area contributed by atoms with E-state index in [0.29, 0.717) is 49.6 Å². The van der Waals surface area contributed by atoms with Gasteiger partial charge in [-0.15, -0.1) is 0 Å². The summed E-state index contributed by atoms with van der Waals surface area (Å²) < 4.78 is 31.0. The second kappa shape index (κ2) is 11.5. The lowest BCUT2D eigenvalue weighted by atomic mass is 9.84. The molecule has 0 saturated heterocycles. The van der Waals surface area contributed by atoms with Crippen LogP contribution in [0, 0.1) is 5.92 Å². The number of nitrogens with zero attached hydrogens (tertiary/aromatic N) is 2. The Morgan fingerprint density at radius 3 is 2.56 bits per heavy atom. The van der Waals surface area contributed by atoms with Crippen molar-refractivity contribution in [3.63, 3.8) is 0 Å². The number of ether oxygens (including phenoxy) is 1. The molecule has 1 amide bonds. The molecule has 200 valence electrons. The van der Waals surface area contributed by atoms with E-state index < -0.39 is 26.6 Å². The third-order valence-electron chi connectivity index (χ3n) is 6.99. The van der Waals surface area contributed by atoms with Crippen molar-refractivity contribution in [2.75, 3.05) is 19.9 Å². The molecule has 1 aliphatic rings. The number of sulfone groups is 1. The summed E-state index contributed by atoms with van der Waals surface area (Å²) >= 11 is 6.71. The van der Waals surface area contributed by atoms with E-state index in [-0.39, 0.29) is 17.3 Å². The Morgan fingerprint density at radius 2 is 2.00 bits per heavy atom. The largest absolute Gasteiger partial charge is 0.496 e. The predicted molar refractivity (Wildman–Crippen MR) is 142 cm³/mol. The maximum Gasteiger partial charge on any atom is 0.273 e. The van der Waals surface area contributed by atoms with Crippen LogP contribution in [0.5, 0.6) is 5.75 Å². The average Bonchev–Trinajstić information content (AvgIpc) is 3.16. The number of hydrogen-bond donors (Lipinski definition) is 2. The van der Waals surface area contributed by atoms with Gasteiger partial charge in [-0.05, 0) is 69.1 Å². The first-order chi connectivity index (χ1) is 16.9. The van der Waals surface area contributed by atoms with Gasteiger partial charge in [-0.25, -0.2) is 8.42 Å². The van der Waals surface area contributed by atoms with Crippen molar-refractivity contribution >= 4 is 27.3 Å². The molecule has 10 heteroatoms. The van der Waals surface area contributed by atoms with Crippen molar-refractivity contribution in [3.8, 4) is 17.0 Å². The van der Waals surface area contributed by atoms with Crippen LogP contribution in [-0.2, 0) is 22.8 Å². The third-order valence-corrected chi connectivity index (χ3v) is 9.03. The molecular formula is C26H38ClN3O5S. The van der Waals surface area contributed by atoms with Gasteiger partial charge in [0.1, 0.15) is 15.6 Å². The lowest BCUT2D eigenvalue weighted by Gasteiger charge is -2.35. The smallest absolute Gasteiger partial charge is 0.273 e. The highest BCUT2D eigenvalue weighted by Gasteiger charge is 2.37. The predicted octanol–water partition coefficient (Wildman–Crippen LogP) is 4.27. The lowest BCUT2D eigenvalue weighted by molar-refractivity contribution is 0.00606.